The largest absolute Gasteiger partial charge is 0.396 e. The summed E-state index contributed by atoms with van der Waals surface area (Å²) < 4.78 is 0. The maximum atomic E-state index is 12.3. The molecule has 1 aliphatic rings. The Bertz CT molecular complexity index is 879. The summed E-state index contributed by atoms with van der Waals surface area (Å²) in [4.78, 5) is 38.2. The van der Waals surface area contributed by atoms with Crippen molar-refractivity contribution in [1.29, 1.82) is 0 Å². The first-order valence-corrected chi connectivity index (χ1v) is 10.1. The second kappa shape index (κ2) is 10.0. The average molecular weight is 409 g/mol. The van der Waals surface area contributed by atoms with Crippen LogP contribution < -0.4 is 10.6 Å². The van der Waals surface area contributed by atoms with Gasteiger partial charge >= 0.3 is 11.8 Å². The molecule has 0 saturated heterocycles. The predicted molar refractivity (Wildman–Crippen MR) is 113 cm³/mol. The van der Waals surface area contributed by atoms with Crippen LogP contribution in [0.1, 0.15) is 43.4 Å². The highest BCUT2D eigenvalue weighted by Crippen LogP contribution is 2.28. The summed E-state index contributed by atoms with van der Waals surface area (Å²) in [7, 11) is 0. The van der Waals surface area contributed by atoms with Crippen LogP contribution in [0.4, 0.5) is 5.69 Å². The highest BCUT2D eigenvalue weighted by atomic mass is 16.3. The number of hydrogen-bond acceptors (Lipinski definition) is 4. The van der Waals surface area contributed by atoms with Crippen molar-refractivity contribution in [3.63, 3.8) is 0 Å². The molecule has 7 nitrogen and oxygen atoms in total. The van der Waals surface area contributed by atoms with Crippen molar-refractivity contribution >= 4 is 23.4 Å². The van der Waals surface area contributed by atoms with E-state index in [1.807, 2.05) is 47.4 Å². The molecule has 3 amide bonds. The number of nitrogens with one attached hydrogen (secondary N) is 2. The summed E-state index contributed by atoms with van der Waals surface area (Å²) in [6, 6.07) is 16.2. The minimum Gasteiger partial charge on any atom is -0.396 e. The molecule has 30 heavy (non-hydrogen) atoms. The first kappa shape index (κ1) is 21.5. The van der Waals surface area contributed by atoms with E-state index in [4.69, 9.17) is 0 Å². The number of nitrogens with zero attached hydrogens (tertiary/aromatic N) is 1. The maximum Gasteiger partial charge on any atom is 0.313 e. The van der Waals surface area contributed by atoms with E-state index in [1.54, 1.807) is 19.1 Å². The van der Waals surface area contributed by atoms with Crippen molar-refractivity contribution in [3.05, 3.63) is 65.7 Å². The first-order chi connectivity index (χ1) is 14.5. The van der Waals surface area contributed by atoms with Crippen LogP contribution in [-0.2, 0) is 20.9 Å². The number of hydrogen-bond donors (Lipinski definition) is 3. The van der Waals surface area contributed by atoms with Gasteiger partial charge in [-0.05, 0) is 42.5 Å². The van der Waals surface area contributed by atoms with E-state index in [0.29, 0.717) is 24.7 Å². The SMILES string of the molecule is CC(=O)N(Cc1ccc(NC(=O)C(=O)NC(CCO)c2ccccc2)cc1)C1CC1. The molecule has 0 bridgehead atoms. The smallest absolute Gasteiger partial charge is 0.313 e. The van der Waals surface area contributed by atoms with E-state index in [9.17, 15) is 19.5 Å². The second-order valence-corrected chi connectivity index (χ2v) is 7.48. The molecule has 3 rings (SSSR count). The van der Waals surface area contributed by atoms with E-state index in [1.165, 1.54) is 0 Å². The van der Waals surface area contributed by atoms with Crippen LogP contribution in [0.5, 0.6) is 0 Å². The van der Waals surface area contributed by atoms with E-state index in [0.717, 1.165) is 24.0 Å². The Kier molecular flexibility index (Phi) is 7.19. The maximum absolute atomic E-state index is 12.3. The standard InChI is InChI=1S/C23H27N3O4/c1-16(28)26(20-11-12-20)15-17-7-9-19(10-8-17)24-22(29)23(30)25-21(13-14-27)18-5-3-2-4-6-18/h2-10,20-21,27H,11-15H2,1H3,(H,24,29)(H,25,30). The number of carbonyl (C=O) groups is 3. The zero-order valence-corrected chi connectivity index (χ0v) is 17.0. The van der Waals surface area contributed by atoms with E-state index in [2.05, 4.69) is 10.6 Å². The zero-order valence-electron chi connectivity index (χ0n) is 17.0. The number of carbonyl (C=O) groups excluding carboxylic acids is 3. The molecule has 158 valence electrons. The van der Waals surface area contributed by atoms with Crippen molar-refractivity contribution in [2.24, 2.45) is 0 Å². The summed E-state index contributed by atoms with van der Waals surface area (Å²) in [5.74, 6) is -1.48. The molecule has 3 N–H and O–H groups in total. The Morgan fingerprint density at radius 3 is 2.27 bits per heavy atom. The fraction of sp³-hybridized carbons (Fsp3) is 0.348. The highest BCUT2D eigenvalue weighted by Gasteiger charge is 2.30. The molecule has 7 heteroatoms. The Balaban J connectivity index is 1.56. The Labute approximate surface area is 176 Å². The minimum absolute atomic E-state index is 0.0578. The summed E-state index contributed by atoms with van der Waals surface area (Å²) in [6.07, 6.45) is 2.40. The van der Waals surface area contributed by atoms with Gasteiger partial charge in [-0.25, -0.2) is 0 Å². The van der Waals surface area contributed by atoms with Gasteiger partial charge in [-0.15, -0.1) is 0 Å². The van der Waals surface area contributed by atoms with Crippen LogP contribution in [0.25, 0.3) is 0 Å². The molecule has 0 aliphatic heterocycles. The molecular formula is C23H27N3O4. The molecule has 0 radical (unpaired) electrons. The molecule has 0 spiro atoms. The Morgan fingerprint density at radius 1 is 1.03 bits per heavy atom. The zero-order chi connectivity index (χ0) is 21.5. The molecule has 0 aromatic heterocycles. The lowest BCUT2D eigenvalue weighted by Gasteiger charge is -2.20. The van der Waals surface area contributed by atoms with Gasteiger partial charge in [0, 0.05) is 31.8 Å². The van der Waals surface area contributed by atoms with Crippen molar-refractivity contribution in [2.75, 3.05) is 11.9 Å². The van der Waals surface area contributed by atoms with Crippen LogP contribution in [0.3, 0.4) is 0 Å². The van der Waals surface area contributed by atoms with E-state index < -0.39 is 17.9 Å². The number of aliphatic hydroxyl groups excluding tert-OH is 1. The Hall–Kier alpha value is -3.19. The fourth-order valence-electron chi connectivity index (χ4n) is 3.32. The van der Waals surface area contributed by atoms with Gasteiger partial charge in [0.1, 0.15) is 0 Å². The lowest BCUT2D eigenvalue weighted by atomic mass is 10.0. The van der Waals surface area contributed by atoms with Gasteiger partial charge in [-0.2, -0.15) is 0 Å². The third-order valence-corrected chi connectivity index (χ3v) is 5.09. The predicted octanol–water partition coefficient (Wildman–Crippen LogP) is 2.38. The van der Waals surface area contributed by atoms with Crippen LogP contribution >= 0.6 is 0 Å². The lowest BCUT2D eigenvalue weighted by molar-refractivity contribution is -0.136. The third kappa shape index (κ3) is 5.90. The van der Waals surface area contributed by atoms with E-state index in [-0.39, 0.29) is 12.5 Å². The van der Waals surface area contributed by atoms with Crippen LogP contribution in [0.15, 0.2) is 54.6 Å². The highest BCUT2D eigenvalue weighted by molar-refractivity contribution is 6.39. The Morgan fingerprint density at radius 2 is 1.70 bits per heavy atom. The van der Waals surface area contributed by atoms with Crippen molar-refractivity contribution in [1.82, 2.24) is 10.2 Å². The number of benzene rings is 2. The summed E-state index contributed by atoms with van der Waals surface area (Å²) in [5.41, 5.74) is 2.28. The average Bonchev–Trinajstić information content (AvgIpc) is 3.58. The van der Waals surface area contributed by atoms with Gasteiger partial charge in [0.05, 0.1) is 6.04 Å². The topological polar surface area (TPSA) is 98.7 Å². The summed E-state index contributed by atoms with van der Waals surface area (Å²) >= 11 is 0. The molecular weight excluding hydrogens is 382 g/mol. The summed E-state index contributed by atoms with van der Waals surface area (Å²) in [6.45, 7) is 2.00. The van der Waals surface area contributed by atoms with Gasteiger partial charge in [-0.1, -0.05) is 42.5 Å². The second-order valence-electron chi connectivity index (χ2n) is 7.48. The molecule has 0 heterocycles. The molecule has 1 fully saturated rings. The van der Waals surface area contributed by atoms with E-state index >= 15 is 0 Å². The lowest BCUT2D eigenvalue weighted by Crippen LogP contribution is -2.38. The van der Waals surface area contributed by atoms with Crippen LogP contribution in [0, 0.1) is 0 Å². The quantitative estimate of drug-likeness (QED) is 0.583. The van der Waals surface area contributed by atoms with Crippen LogP contribution in [0.2, 0.25) is 0 Å². The molecule has 1 saturated carbocycles. The van der Waals surface area contributed by atoms with Crippen molar-refractivity contribution in [2.45, 2.75) is 44.8 Å². The van der Waals surface area contributed by atoms with Gasteiger partial charge in [0.15, 0.2) is 0 Å². The number of aliphatic hydroxyl groups is 1. The number of amides is 3. The molecule has 1 unspecified atom stereocenters. The van der Waals surface area contributed by atoms with Crippen molar-refractivity contribution < 1.29 is 19.5 Å². The van der Waals surface area contributed by atoms with Crippen molar-refractivity contribution in [3.8, 4) is 0 Å². The van der Waals surface area contributed by atoms with Gasteiger partial charge in [0.2, 0.25) is 5.91 Å². The monoisotopic (exact) mass is 409 g/mol. The number of rotatable bonds is 8. The number of anilines is 1. The minimum atomic E-state index is -0.773. The normalized spacial score (nSPS) is 13.9. The van der Waals surface area contributed by atoms with Gasteiger partial charge in [0.25, 0.3) is 0 Å². The fourth-order valence-corrected chi connectivity index (χ4v) is 3.32. The molecule has 2 aromatic carbocycles. The summed E-state index contributed by atoms with van der Waals surface area (Å²) in [5, 5.41) is 14.5. The molecule has 2 aromatic rings. The molecule has 1 atom stereocenters. The molecule has 1 aliphatic carbocycles. The van der Waals surface area contributed by atoms with Gasteiger partial charge in [-0.3, -0.25) is 14.4 Å². The van der Waals surface area contributed by atoms with Crippen LogP contribution in [-0.4, -0.2) is 40.4 Å². The van der Waals surface area contributed by atoms with Gasteiger partial charge < -0.3 is 20.6 Å². The third-order valence-electron chi connectivity index (χ3n) is 5.09. The first-order valence-electron chi connectivity index (χ1n) is 10.1.